The van der Waals surface area contributed by atoms with Gasteiger partial charge in [0.25, 0.3) is 0 Å². The summed E-state index contributed by atoms with van der Waals surface area (Å²) in [5, 5.41) is 9.39. The monoisotopic (exact) mass is 442 g/mol. The first-order valence-electron chi connectivity index (χ1n) is 13.0. The van der Waals surface area contributed by atoms with E-state index in [-0.39, 0.29) is 25.2 Å². The molecular weight excluding hydrogens is 392 g/mol. The van der Waals surface area contributed by atoms with Crippen LogP contribution in [-0.4, -0.2) is 36.4 Å². The molecule has 0 rings (SSSR count). The van der Waals surface area contributed by atoms with E-state index >= 15 is 0 Å². The Morgan fingerprint density at radius 3 is 1.81 bits per heavy atom. The van der Waals surface area contributed by atoms with Gasteiger partial charge in [-0.2, -0.15) is 0 Å². The van der Waals surface area contributed by atoms with Crippen molar-refractivity contribution < 1.29 is 24.2 Å². The van der Waals surface area contributed by atoms with Gasteiger partial charge in [-0.15, -0.1) is 0 Å². The highest BCUT2D eigenvalue weighted by atomic mass is 16.6. The minimum atomic E-state index is -0.758. The van der Waals surface area contributed by atoms with Crippen LogP contribution in [0.15, 0.2) is 0 Å². The molecule has 5 nitrogen and oxygen atoms in total. The van der Waals surface area contributed by atoms with Gasteiger partial charge in [0.2, 0.25) is 0 Å². The maximum absolute atomic E-state index is 11.9. The van der Waals surface area contributed by atoms with Gasteiger partial charge in [0.15, 0.2) is 6.10 Å². The van der Waals surface area contributed by atoms with Crippen molar-refractivity contribution in [1.82, 2.24) is 0 Å². The zero-order chi connectivity index (χ0) is 23.2. The number of esters is 2. The fourth-order valence-corrected chi connectivity index (χ4v) is 3.53. The highest BCUT2D eigenvalue weighted by Crippen LogP contribution is 2.15. The lowest BCUT2D eigenvalue weighted by Crippen LogP contribution is -2.28. The van der Waals surface area contributed by atoms with Gasteiger partial charge in [0.1, 0.15) is 6.61 Å². The van der Waals surface area contributed by atoms with Crippen LogP contribution in [0, 0.1) is 5.92 Å². The highest BCUT2D eigenvalue weighted by molar-refractivity contribution is 5.70. The van der Waals surface area contributed by atoms with E-state index in [2.05, 4.69) is 20.8 Å². The van der Waals surface area contributed by atoms with E-state index in [1.807, 2.05) is 0 Å². The van der Waals surface area contributed by atoms with Gasteiger partial charge in [0, 0.05) is 12.8 Å². The molecule has 0 saturated carbocycles. The molecule has 0 heterocycles. The van der Waals surface area contributed by atoms with Gasteiger partial charge in [-0.3, -0.25) is 9.59 Å². The Bertz CT molecular complexity index is 424. The molecule has 0 fully saturated rings. The van der Waals surface area contributed by atoms with E-state index < -0.39 is 6.10 Å². The first kappa shape index (κ1) is 29.9. The van der Waals surface area contributed by atoms with Crippen molar-refractivity contribution >= 4 is 11.9 Å². The first-order chi connectivity index (χ1) is 15.0. The second-order valence-electron chi connectivity index (χ2n) is 9.02. The standard InChI is InChI=1S/C26H50O5/c1-4-6-7-8-9-13-16-19-25(28)30-22-24(21-27)31-26(29)20-17-14-11-10-12-15-18-23(3)5-2/h23-24,27H,4-22H2,1-3H3/t23?,24-/m0/s1. The Balaban J connectivity index is 3.66. The SMILES string of the molecule is CCCCCCCCCC(=O)OC[C@H](CO)OC(=O)CCCCCCCCC(C)CC. The molecule has 31 heavy (non-hydrogen) atoms. The fourth-order valence-electron chi connectivity index (χ4n) is 3.53. The molecule has 2 atom stereocenters. The topological polar surface area (TPSA) is 72.8 Å². The molecule has 0 aliphatic rings. The number of hydrogen-bond acceptors (Lipinski definition) is 5. The van der Waals surface area contributed by atoms with Crippen molar-refractivity contribution in [3.63, 3.8) is 0 Å². The normalized spacial score (nSPS) is 13.0. The van der Waals surface area contributed by atoms with Crippen molar-refractivity contribution in [3.8, 4) is 0 Å². The molecule has 0 bridgehead atoms. The smallest absolute Gasteiger partial charge is 0.306 e. The summed E-state index contributed by atoms with van der Waals surface area (Å²) < 4.78 is 10.4. The Morgan fingerprint density at radius 2 is 1.26 bits per heavy atom. The third-order valence-electron chi connectivity index (χ3n) is 5.94. The molecular formula is C26H50O5. The second kappa shape index (κ2) is 22.1. The van der Waals surface area contributed by atoms with E-state index in [1.54, 1.807) is 0 Å². The fraction of sp³-hybridized carbons (Fsp3) is 0.923. The van der Waals surface area contributed by atoms with Crippen molar-refractivity contribution in [1.29, 1.82) is 0 Å². The molecule has 0 amide bonds. The maximum atomic E-state index is 11.9. The number of hydrogen-bond donors (Lipinski definition) is 1. The summed E-state index contributed by atoms with van der Waals surface area (Å²) >= 11 is 0. The summed E-state index contributed by atoms with van der Waals surface area (Å²) in [7, 11) is 0. The average molecular weight is 443 g/mol. The molecule has 0 spiro atoms. The highest BCUT2D eigenvalue weighted by Gasteiger charge is 2.16. The molecule has 5 heteroatoms. The summed E-state index contributed by atoms with van der Waals surface area (Å²) in [6.07, 6.45) is 17.4. The molecule has 184 valence electrons. The maximum Gasteiger partial charge on any atom is 0.306 e. The predicted molar refractivity (Wildman–Crippen MR) is 127 cm³/mol. The van der Waals surface area contributed by atoms with Gasteiger partial charge >= 0.3 is 11.9 Å². The molecule has 0 aliphatic heterocycles. The molecule has 1 unspecified atom stereocenters. The number of unbranched alkanes of at least 4 members (excludes halogenated alkanes) is 11. The number of carbonyl (C=O) groups is 2. The molecule has 0 aromatic rings. The minimum Gasteiger partial charge on any atom is -0.462 e. The molecule has 0 radical (unpaired) electrons. The number of aliphatic hydroxyl groups excluding tert-OH is 1. The van der Waals surface area contributed by atoms with Gasteiger partial charge in [0.05, 0.1) is 6.61 Å². The predicted octanol–water partition coefficient (Wildman–Crippen LogP) is 6.74. The summed E-state index contributed by atoms with van der Waals surface area (Å²) in [5.74, 6) is 0.226. The van der Waals surface area contributed by atoms with E-state index in [9.17, 15) is 14.7 Å². The Hall–Kier alpha value is -1.10. The molecule has 1 N–H and O–H groups in total. The third kappa shape index (κ3) is 20.6. The van der Waals surface area contributed by atoms with Gasteiger partial charge in [-0.25, -0.2) is 0 Å². The zero-order valence-electron chi connectivity index (χ0n) is 20.7. The Kier molecular flexibility index (Phi) is 21.3. The quantitative estimate of drug-likeness (QED) is 0.148. The van der Waals surface area contributed by atoms with Crippen LogP contribution in [0.5, 0.6) is 0 Å². The largest absolute Gasteiger partial charge is 0.462 e. The van der Waals surface area contributed by atoms with Crippen molar-refractivity contribution in [3.05, 3.63) is 0 Å². The number of ether oxygens (including phenoxy) is 2. The van der Waals surface area contributed by atoms with Crippen LogP contribution in [0.2, 0.25) is 0 Å². The van der Waals surface area contributed by atoms with E-state index in [0.29, 0.717) is 12.8 Å². The van der Waals surface area contributed by atoms with E-state index in [4.69, 9.17) is 9.47 Å². The minimum absolute atomic E-state index is 0.0618. The van der Waals surface area contributed by atoms with Gasteiger partial charge in [-0.1, -0.05) is 104 Å². The molecule has 0 saturated heterocycles. The van der Waals surface area contributed by atoms with Crippen LogP contribution in [0.1, 0.15) is 130 Å². The van der Waals surface area contributed by atoms with E-state index in [0.717, 1.165) is 44.4 Å². The second-order valence-corrected chi connectivity index (χ2v) is 9.02. The number of carbonyl (C=O) groups excluding carboxylic acids is 2. The van der Waals surface area contributed by atoms with Gasteiger partial charge < -0.3 is 14.6 Å². The Labute approximate surface area is 191 Å². The van der Waals surface area contributed by atoms with Crippen LogP contribution in [0.25, 0.3) is 0 Å². The number of aliphatic hydroxyl groups is 1. The molecule has 0 aromatic heterocycles. The van der Waals surface area contributed by atoms with Crippen molar-refractivity contribution in [2.75, 3.05) is 13.2 Å². The van der Waals surface area contributed by atoms with Crippen molar-refractivity contribution in [2.45, 2.75) is 136 Å². The van der Waals surface area contributed by atoms with Crippen molar-refractivity contribution in [2.24, 2.45) is 5.92 Å². The zero-order valence-corrected chi connectivity index (χ0v) is 20.7. The van der Waals surface area contributed by atoms with Crippen LogP contribution in [-0.2, 0) is 19.1 Å². The number of rotatable bonds is 22. The third-order valence-corrected chi connectivity index (χ3v) is 5.94. The lowest BCUT2D eigenvalue weighted by molar-refractivity contribution is -0.161. The van der Waals surface area contributed by atoms with Crippen LogP contribution >= 0.6 is 0 Å². The summed E-state index contributed by atoms with van der Waals surface area (Å²) in [5.41, 5.74) is 0. The first-order valence-corrected chi connectivity index (χ1v) is 13.0. The summed E-state index contributed by atoms with van der Waals surface area (Å²) in [6, 6.07) is 0. The molecule has 0 aromatic carbocycles. The van der Waals surface area contributed by atoms with Crippen LogP contribution in [0.3, 0.4) is 0 Å². The summed E-state index contributed by atoms with van der Waals surface area (Å²) in [6.45, 7) is 6.36. The van der Waals surface area contributed by atoms with E-state index in [1.165, 1.54) is 57.8 Å². The molecule has 0 aliphatic carbocycles. The lowest BCUT2D eigenvalue weighted by atomic mass is 10.00. The lowest BCUT2D eigenvalue weighted by Gasteiger charge is -2.15. The van der Waals surface area contributed by atoms with Crippen LogP contribution in [0.4, 0.5) is 0 Å². The Morgan fingerprint density at radius 1 is 0.742 bits per heavy atom. The van der Waals surface area contributed by atoms with Gasteiger partial charge in [-0.05, 0) is 18.8 Å². The van der Waals surface area contributed by atoms with Crippen LogP contribution < -0.4 is 0 Å². The average Bonchev–Trinajstić information content (AvgIpc) is 2.77. The summed E-state index contributed by atoms with van der Waals surface area (Å²) in [4.78, 5) is 23.8.